The quantitative estimate of drug-likeness (QED) is 0.803. The van der Waals surface area contributed by atoms with E-state index in [1.807, 2.05) is 26.8 Å². The molecule has 100 valence electrons. The summed E-state index contributed by atoms with van der Waals surface area (Å²) >= 11 is 0. The summed E-state index contributed by atoms with van der Waals surface area (Å²) in [5, 5.41) is 2.90. The minimum absolute atomic E-state index is 0.0936. The zero-order valence-corrected chi connectivity index (χ0v) is 11.8. The average Bonchev–Trinajstić information content (AvgIpc) is 2.29. The molecule has 0 spiro atoms. The summed E-state index contributed by atoms with van der Waals surface area (Å²) in [7, 11) is -0.940. The Morgan fingerprint density at radius 2 is 2.11 bits per heavy atom. The van der Waals surface area contributed by atoms with Gasteiger partial charge in [0, 0.05) is 39.6 Å². The van der Waals surface area contributed by atoms with Gasteiger partial charge in [0.25, 0.3) is 0 Å². The number of rotatable bonds is 5. The van der Waals surface area contributed by atoms with Crippen LogP contribution in [0.4, 0.5) is 11.4 Å². The number of nitrogens with one attached hydrogen (secondary N) is 1. The second-order valence-corrected chi connectivity index (χ2v) is 6.62. The van der Waals surface area contributed by atoms with Crippen LogP contribution in [0.3, 0.4) is 0 Å². The van der Waals surface area contributed by atoms with Gasteiger partial charge in [-0.05, 0) is 30.7 Å². The van der Waals surface area contributed by atoms with E-state index in [2.05, 4.69) is 5.32 Å². The largest absolute Gasteiger partial charge is 0.399 e. The van der Waals surface area contributed by atoms with E-state index in [1.165, 1.54) is 0 Å². The number of anilines is 2. The number of aryl methyl sites for hydroxylation is 1. The van der Waals surface area contributed by atoms with Crippen molar-refractivity contribution in [2.24, 2.45) is 0 Å². The second kappa shape index (κ2) is 6.54. The van der Waals surface area contributed by atoms with Gasteiger partial charge in [-0.15, -0.1) is 0 Å². The predicted molar refractivity (Wildman–Crippen MR) is 77.0 cm³/mol. The molecule has 0 heterocycles. The van der Waals surface area contributed by atoms with Crippen molar-refractivity contribution >= 4 is 28.1 Å². The summed E-state index contributed by atoms with van der Waals surface area (Å²) in [6.07, 6.45) is 0.272. The van der Waals surface area contributed by atoms with Crippen LogP contribution in [-0.4, -0.2) is 21.1 Å². The minimum Gasteiger partial charge on any atom is -0.399 e. The number of nitrogen functional groups attached to an aromatic ring is 1. The van der Waals surface area contributed by atoms with Gasteiger partial charge < -0.3 is 11.1 Å². The molecule has 0 aliphatic carbocycles. The molecule has 0 saturated heterocycles. The first-order valence-corrected chi connectivity index (χ1v) is 7.31. The summed E-state index contributed by atoms with van der Waals surface area (Å²) < 4.78 is 11.5. The van der Waals surface area contributed by atoms with Crippen LogP contribution < -0.4 is 11.1 Å². The Bertz CT molecular complexity index is 458. The van der Waals surface area contributed by atoms with Gasteiger partial charge >= 0.3 is 0 Å². The van der Waals surface area contributed by atoms with Gasteiger partial charge in [0.15, 0.2) is 0 Å². The fourth-order valence-corrected chi connectivity index (χ4v) is 2.33. The molecule has 18 heavy (non-hydrogen) atoms. The summed E-state index contributed by atoms with van der Waals surface area (Å²) in [5.41, 5.74) is 7.99. The van der Waals surface area contributed by atoms with Gasteiger partial charge in [0.05, 0.1) is 0 Å². The Morgan fingerprint density at radius 1 is 1.44 bits per heavy atom. The maximum absolute atomic E-state index is 11.7. The lowest BCUT2D eigenvalue weighted by Crippen LogP contribution is -2.18. The van der Waals surface area contributed by atoms with Crippen molar-refractivity contribution in [2.45, 2.75) is 32.4 Å². The number of carbonyl (C=O) groups excluding carboxylic acids is 1. The molecule has 0 fully saturated rings. The highest BCUT2D eigenvalue weighted by Gasteiger charge is 2.09. The second-order valence-electron chi connectivity index (χ2n) is 4.51. The van der Waals surface area contributed by atoms with E-state index in [-0.39, 0.29) is 17.6 Å². The Kier molecular flexibility index (Phi) is 5.34. The van der Waals surface area contributed by atoms with Crippen LogP contribution in [0.5, 0.6) is 0 Å². The fourth-order valence-electron chi connectivity index (χ4n) is 1.47. The summed E-state index contributed by atoms with van der Waals surface area (Å²) in [5.74, 6) is 0.286. The first kappa shape index (κ1) is 14.7. The average molecular weight is 268 g/mol. The third kappa shape index (κ3) is 4.49. The van der Waals surface area contributed by atoms with Crippen LogP contribution in [0.1, 0.15) is 25.8 Å². The number of hydrogen-bond acceptors (Lipinski definition) is 3. The SMILES string of the molecule is Cc1cc(N)ccc1NC(=O)CCS(=O)C(C)C. The van der Waals surface area contributed by atoms with Crippen molar-refractivity contribution in [1.29, 1.82) is 0 Å². The molecule has 4 nitrogen and oxygen atoms in total. The topological polar surface area (TPSA) is 72.2 Å². The normalized spacial score (nSPS) is 12.4. The predicted octanol–water partition coefficient (Wildman–Crippen LogP) is 2.06. The summed E-state index contributed by atoms with van der Waals surface area (Å²) in [6, 6.07) is 5.33. The Balaban J connectivity index is 2.52. The summed E-state index contributed by atoms with van der Waals surface area (Å²) in [4.78, 5) is 11.7. The summed E-state index contributed by atoms with van der Waals surface area (Å²) in [6.45, 7) is 5.66. The van der Waals surface area contributed by atoms with Gasteiger partial charge in [0.2, 0.25) is 5.91 Å². The number of carbonyl (C=O) groups is 1. The van der Waals surface area contributed by atoms with Gasteiger partial charge in [-0.3, -0.25) is 9.00 Å². The highest BCUT2D eigenvalue weighted by atomic mass is 32.2. The molecule has 1 unspecified atom stereocenters. The fraction of sp³-hybridized carbons (Fsp3) is 0.462. The van der Waals surface area contributed by atoms with Crippen molar-refractivity contribution in [3.8, 4) is 0 Å². The molecule has 1 atom stereocenters. The molecule has 5 heteroatoms. The van der Waals surface area contributed by atoms with Gasteiger partial charge in [-0.2, -0.15) is 0 Å². The van der Waals surface area contributed by atoms with Crippen LogP contribution in [0.15, 0.2) is 18.2 Å². The molecule has 1 aromatic carbocycles. The molecule has 3 N–H and O–H groups in total. The molecular formula is C13H20N2O2S. The Hall–Kier alpha value is -1.36. The number of nitrogens with two attached hydrogens (primary N) is 1. The van der Waals surface area contributed by atoms with Crippen molar-refractivity contribution in [1.82, 2.24) is 0 Å². The van der Waals surface area contributed by atoms with Crippen molar-refractivity contribution < 1.29 is 9.00 Å². The smallest absolute Gasteiger partial charge is 0.225 e. The van der Waals surface area contributed by atoms with Crippen LogP contribution in [-0.2, 0) is 15.6 Å². The van der Waals surface area contributed by atoms with E-state index in [4.69, 9.17) is 5.73 Å². The lowest BCUT2D eigenvalue weighted by atomic mass is 10.2. The molecule has 1 rings (SSSR count). The van der Waals surface area contributed by atoms with Gasteiger partial charge in [-0.1, -0.05) is 13.8 Å². The van der Waals surface area contributed by atoms with Crippen molar-refractivity contribution in [2.75, 3.05) is 16.8 Å². The zero-order valence-electron chi connectivity index (χ0n) is 11.0. The van der Waals surface area contributed by atoms with Crippen molar-refractivity contribution in [3.05, 3.63) is 23.8 Å². The lowest BCUT2D eigenvalue weighted by molar-refractivity contribution is -0.115. The number of benzene rings is 1. The lowest BCUT2D eigenvalue weighted by Gasteiger charge is -2.09. The first-order valence-electron chi connectivity index (χ1n) is 5.93. The molecule has 0 radical (unpaired) electrons. The molecule has 0 aromatic heterocycles. The first-order chi connectivity index (χ1) is 8.40. The molecule has 1 amide bonds. The van der Waals surface area contributed by atoms with E-state index in [0.717, 1.165) is 11.3 Å². The number of hydrogen-bond donors (Lipinski definition) is 2. The molecule has 0 aliphatic heterocycles. The Labute approximate surface area is 110 Å². The van der Waals surface area contributed by atoms with E-state index < -0.39 is 10.8 Å². The number of amides is 1. The molecule has 1 aromatic rings. The highest BCUT2D eigenvalue weighted by molar-refractivity contribution is 7.85. The third-order valence-electron chi connectivity index (χ3n) is 2.58. The molecule has 0 aliphatic rings. The van der Waals surface area contributed by atoms with E-state index in [0.29, 0.717) is 11.4 Å². The Morgan fingerprint density at radius 3 is 2.67 bits per heavy atom. The van der Waals surface area contributed by atoms with E-state index in [1.54, 1.807) is 12.1 Å². The monoisotopic (exact) mass is 268 g/mol. The van der Waals surface area contributed by atoms with Crippen LogP contribution in [0, 0.1) is 6.92 Å². The van der Waals surface area contributed by atoms with E-state index in [9.17, 15) is 9.00 Å². The van der Waals surface area contributed by atoms with Crippen LogP contribution >= 0.6 is 0 Å². The molecule has 0 saturated carbocycles. The standard InChI is InChI=1S/C13H20N2O2S/c1-9(2)18(17)7-6-13(16)15-12-5-4-11(14)8-10(12)3/h4-5,8-9H,6-7,14H2,1-3H3,(H,15,16). The third-order valence-corrected chi connectivity index (χ3v) is 4.24. The maximum Gasteiger partial charge on any atom is 0.225 e. The van der Waals surface area contributed by atoms with Crippen LogP contribution in [0.2, 0.25) is 0 Å². The van der Waals surface area contributed by atoms with Gasteiger partial charge in [-0.25, -0.2) is 0 Å². The minimum atomic E-state index is -0.940. The zero-order chi connectivity index (χ0) is 13.7. The molecule has 0 bridgehead atoms. The van der Waals surface area contributed by atoms with Crippen molar-refractivity contribution in [3.63, 3.8) is 0 Å². The highest BCUT2D eigenvalue weighted by Crippen LogP contribution is 2.17. The van der Waals surface area contributed by atoms with Crippen LogP contribution in [0.25, 0.3) is 0 Å². The maximum atomic E-state index is 11.7. The van der Waals surface area contributed by atoms with Gasteiger partial charge in [0.1, 0.15) is 0 Å². The molecular weight excluding hydrogens is 248 g/mol. The van der Waals surface area contributed by atoms with E-state index >= 15 is 0 Å².